The monoisotopic (exact) mass is 460 g/mol. The van der Waals surface area contributed by atoms with E-state index in [2.05, 4.69) is 24.3 Å². The number of halogens is 1. The zero-order valence-electron chi connectivity index (χ0n) is 16.2. The molecule has 0 atom stereocenters. The van der Waals surface area contributed by atoms with Crippen LogP contribution in [0.5, 0.6) is 0 Å². The largest absolute Gasteiger partial charge is 0.339 e. The molecule has 0 aromatic heterocycles. The molecule has 1 saturated heterocycles. The van der Waals surface area contributed by atoms with Crippen molar-refractivity contribution in [2.75, 3.05) is 31.9 Å². The standard InChI is InChI=1S/C22H21ClN2O3S2/c23-19-6-9-21(10-7-19)30(27,28)25-13-11-24(12-14-25)22(26)16-29-20-8-5-17-3-1-2-4-18(17)15-20/h1-10,15H,11-14,16H2. The molecule has 0 aliphatic carbocycles. The molecule has 1 heterocycles. The van der Waals surface area contributed by atoms with Crippen molar-refractivity contribution in [2.45, 2.75) is 9.79 Å². The van der Waals surface area contributed by atoms with Gasteiger partial charge in [0.1, 0.15) is 0 Å². The van der Waals surface area contributed by atoms with E-state index >= 15 is 0 Å². The highest BCUT2D eigenvalue weighted by Crippen LogP contribution is 2.25. The summed E-state index contributed by atoms with van der Waals surface area (Å²) in [6.45, 7) is 1.36. The van der Waals surface area contributed by atoms with Crippen LogP contribution in [0, 0.1) is 0 Å². The van der Waals surface area contributed by atoms with E-state index in [-0.39, 0.29) is 23.9 Å². The predicted molar refractivity (Wildman–Crippen MR) is 121 cm³/mol. The number of sulfonamides is 1. The smallest absolute Gasteiger partial charge is 0.243 e. The van der Waals surface area contributed by atoms with Crippen LogP contribution in [0.1, 0.15) is 0 Å². The molecule has 1 fully saturated rings. The molecule has 0 bridgehead atoms. The quantitative estimate of drug-likeness (QED) is 0.537. The molecule has 3 aromatic rings. The molecule has 0 saturated carbocycles. The number of rotatable bonds is 5. The van der Waals surface area contributed by atoms with Gasteiger partial charge in [0, 0.05) is 36.1 Å². The highest BCUT2D eigenvalue weighted by molar-refractivity contribution is 8.00. The molecule has 3 aromatic carbocycles. The van der Waals surface area contributed by atoms with Gasteiger partial charge in [-0.05, 0) is 47.2 Å². The summed E-state index contributed by atoms with van der Waals surface area (Å²) in [6.07, 6.45) is 0. The van der Waals surface area contributed by atoms with Crippen molar-refractivity contribution in [1.29, 1.82) is 0 Å². The van der Waals surface area contributed by atoms with E-state index in [1.165, 1.54) is 33.6 Å². The second kappa shape index (κ2) is 8.98. The third-order valence-corrected chi connectivity index (χ3v) is 8.27. The van der Waals surface area contributed by atoms with Gasteiger partial charge in [0.2, 0.25) is 15.9 Å². The number of carbonyl (C=O) groups excluding carboxylic acids is 1. The van der Waals surface area contributed by atoms with Gasteiger partial charge in [0.25, 0.3) is 0 Å². The Morgan fingerprint density at radius 3 is 2.27 bits per heavy atom. The number of piperazine rings is 1. The fourth-order valence-electron chi connectivity index (χ4n) is 3.43. The zero-order chi connectivity index (χ0) is 21.1. The van der Waals surface area contributed by atoms with Crippen LogP contribution in [0.3, 0.4) is 0 Å². The van der Waals surface area contributed by atoms with Crippen molar-refractivity contribution in [1.82, 2.24) is 9.21 Å². The highest BCUT2D eigenvalue weighted by atomic mass is 35.5. The second-order valence-corrected chi connectivity index (χ2v) is 10.5. The Bertz CT molecular complexity index is 1160. The Kier molecular flexibility index (Phi) is 6.34. The molecule has 0 radical (unpaired) electrons. The van der Waals surface area contributed by atoms with Crippen LogP contribution in [-0.2, 0) is 14.8 Å². The molecule has 1 aliphatic heterocycles. The van der Waals surface area contributed by atoms with E-state index in [1.54, 1.807) is 17.0 Å². The van der Waals surface area contributed by atoms with E-state index in [0.29, 0.717) is 23.9 Å². The van der Waals surface area contributed by atoms with Crippen LogP contribution in [0.4, 0.5) is 0 Å². The fourth-order valence-corrected chi connectivity index (χ4v) is 5.82. The molecule has 0 spiro atoms. The topological polar surface area (TPSA) is 57.7 Å². The molecule has 156 valence electrons. The molecule has 4 rings (SSSR count). The van der Waals surface area contributed by atoms with Crippen LogP contribution in [0.15, 0.2) is 76.5 Å². The molecular weight excluding hydrogens is 440 g/mol. The molecule has 8 heteroatoms. The van der Waals surface area contributed by atoms with E-state index < -0.39 is 10.0 Å². The summed E-state index contributed by atoms with van der Waals surface area (Å²) >= 11 is 7.36. The Labute approximate surface area is 185 Å². The van der Waals surface area contributed by atoms with Gasteiger partial charge in [0.05, 0.1) is 10.6 Å². The third-order valence-electron chi connectivity index (χ3n) is 5.13. The van der Waals surface area contributed by atoms with E-state index in [4.69, 9.17) is 11.6 Å². The average molecular weight is 461 g/mol. The predicted octanol–water partition coefficient (Wildman–Crippen LogP) is 4.12. The Morgan fingerprint density at radius 1 is 0.900 bits per heavy atom. The number of amides is 1. The Hall–Kier alpha value is -2.06. The number of thioether (sulfide) groups is 1. The second-order valence-electron chi connectivity index (χ2n) is 7.04. The Morgan fingerprint density at radius 2 is 1.57 bits per heavy atom. The van der Waals surface area contributed by atoms with Gasteiger partial charge in [-0.2, -0.15) is 4.31 Å². The average Bonchev–Trinajstić information content (AvgIpc) is 2.77. The van der Waals surface area contributed by atoms with E-state index in [1.807, 2.05) is 18.2 Å². The van der Waals surface area contributed by atoms with Crippen molar-refractivity contribution in [3.8, 4) is 0 Å². The maximum atomic E-state index is 12.8. The summed E-state index contributed by atoms with van der Waals surface area (Å²) in [4.78, 5) is 15.6. The number of nitrogens with zero attached hydrogens (tertiary/aromatic N) is 2. The maximum absolute atomic E-state index is 12.8. The zero-order valence-corrected chi connectivity index (χ0v) is 18.6. The molecule has 0 N–H and O–H groups in total. The minimum Gasteiger partial charge on any atom is -0.339 e. The third kappa shape index (κ3) is 4.64. The first kappa shape index (κ1) is 21.2. The van der Waals surface area contributed by atoms with Crippen molar-refractivity contribution in [3.63, 3.8) is 0 Å². The maximum Gasteiger partial charge on any atom is 0.243 e. The van der Waals surface area contributed by atoms with Crippen molar-refractivity contribution < 1.29 is 13.2 Å². The molecule has 1 aliphatic rings. The number of benzene rings is 3. The van der Waals surface area contributed by atoms with Crippen LogP contribution in [0.25, 0.3) is 10.8 Å². The molecule has 5 nitrogen and oxygen atoms in total. The summed E-state index contributed by atoms with van der Waals surface area (Å²) < 4.78 is 27.0. The minimum atomic E-state index is -3.57. The molecular formula is C22H21ClN2O3S2. The number of hydrogen-bond donors (Lipinski definition) is 0. The SMILES string of the molecule is O=C(CSc1ccc2ccccc2c1)N1CCN(S(=O)(=O)c2ccc(Cl)cc2)CC1. The summed E-state index contributed by atoms with van der Waals surface area (Å²) in [5.41, 5.74) is 0. The van der Waals surface area contributed by atoms with Gasteiger partial charge >= 0.3 is 0 Å². The lowest BCUT2D eigenvalue weighted by molar-refractivity contribution is -0.129. The molecule has 1 amide bonds. The lowest BCUT2D eigenvalue weighted by atomic mass is 10.1. The fraction of sp³-hybridized carbons (Fsp3) is 0.227. The van der Waals surface area contributed by atoms with Gasteiger partial charge in [-0.3, -0.25) is 4.79 Å². The van der Waals surface area contributed by atoms with Crippen LogP contribution in [-0.4, -0.2) is 55.5 Å². The minimum absolute atomic E-state index is 0.0247. The number of hydrogen-bond acceptors (Lipinski definition) is 4. The summed E-state index contributed by atoms with van der Waals surface area (Å²) in [6, 6.07) is 20.4. The summed E-state index contributed by atoms with van der Waals surface area (Å²) in [7, 11) is -3.57. The van der Waals surface area contributed by atoms with Crippen LogP contribution < -0.4 is 0 Å². The van der Waals surface area contributed by atoms with Gasteiger partial charge < -0.3 is 4.90 Å². The first-order valence-electron chi connectivity index (χ1n) is 9.58. The Balaban J connectivity index is 1.33. The van der Waals surface area contributed by atoms with Gasteiger partial charge in [-0.25, -0.2) is 8.42 Å². The van der Waals surface area contributed by atoms with Crippen LogP contribution in [0.2, 0.25) is 5.02 Å². The summed E-state index contributed by atoms with van der Waals surface area (Å²) in [5, 5.41) is 2.82. The van der Waals surface area contributed by atoms with E-state index in [9.17, 15) is 13.2 Å². The first-order valence-corrected chi connectivity index (χ1v) is 12.4. The lowest BCUT2D eigenvalue weighted by Crippen LogP contribution is -2.50. The van der Waals surface area contributed by atoms with Gasteiger partial charge in [-0.1, -0.05) is 41.9 Å². The number of carbonyl (C=O) groups is 1. The highest BCUT2D eigenvalue weighted by Gasteiger charge is 2.30. The summed E-state index contributed by atoms with van der Waals surface area (Å²) in [5.74, 6) is 0.360. The van der Waals surface area contributed by atoms with Crippen molar-refractivity contribution >= 4 is 50.1 Å². The van der Waals surface area contributed by atoms with Gasteiger partial charge in [0.15, 0.2) is 0 Å². The molecule has 30 heavy (non-hydrogen) atoms. The molecule has 0 unspecified atom stereocenters. The van der Waals surface area contributed by atoms with Crippen molar-refractivity contribution in [3.05, 3.63) is 71.8 Å². The van der Waals surface area contributed by atoms with Crippen molar-refractivity contribution in [2.24, 2.45) is 0 Å². The van der Waals surface area contributed by atoms with Crippen LogP contribution >= 0.6 is 23.4 Å². The lowest BCUT2D eigenvalue weighted by Gasteiger charge is -2.34. The van der Waals surface area contributed by atoms with Gasteiger partial charge in [-0.15, -0.1) is 11.8 Å². The van der Waals surface area contributed by atoms with E-state index in [0.717, 1.165) is 10.3 Å². The number of fused-ring (bicyclic) bond motifs is 1. The first-order chi connectivity index (χ1) is 14.4. The normalized spacial score (nSPS) is 15.4.